The summed E-state index contributed by atoms with van der Waals surface area (Å²) < 4.78 is 0. The molecule has 0 radical (unpaired) electrons. The van der Waals surface area contributed by atoms with Gasteiger partial charge in [-0.3, -0.25) is 29.0 Å². The Hall–Kier alpha value is -3.42. The average Bonchev–Trinajstić information content (AvgIpc) is 3.04. The number of guanidine groups is 1. The number of likely N-dealkylation sites (N-methyl/N-ethyl adjacent to an activating group) is 1. The molecule has 10 N–H and O–H groups in total. The highest BCUT2D eigenvalue weighted by Gasteiger charge is 2.28. The van der Waals surface area contributed by atoms with Crippen LogP contribution < -0.4 is 38.1 Å². The van der Waals surface area contributed by atoms with Crippen LogP contribution in [0.1, 0.15) is 124 Å². The van der Waals surface area contributed by atoms with E-state index in [0.717, 1.165) is 19.3 Å². The lowest BCUT2D eigenvalue weighted by Crippen LogP contribution is -2.56. The van der Waals surface area contributed by atoms with E-state index in [0.29, 0.717) is 12.8 Å². The van der Waals surface area contributed by atoms with Crippen LogP contribution in [-0.2, 0) is 24.0 Å². The molecule has 0 rings (SSSR count). The van der Waals surface area contributed by atoms with Gasteiger partial charge in [0.1, 0.15) is 18.1 Å². The summed E-state index contributed by atoms with van der Waals surface area (Å²) in [5.74, 6) is -3.02. The summed E-state index contributed by atoms with van der Waals surface area (Å²) in [7, 11) is 1.46. The van der Waals surface area contributed by atoms with Gasteiger partial charge in [-0.05, 0) is 25.2 Å². The van der Waals surface area contributed by atoms with Gasteiger partial charge in [0.2, 0.25) is 29.5 Å². The number of nitrogens with one attached hydrogen (secondary N) is 5. The number of rotatable bonds is 28. The van der Waals surface area contributed by atoms with Crippen LogP contribution in [0.15, 0.2) is 4.99 Å². The maximum Gasteiger partial charge on any atom is 0.245 e. The summed E-state index contributed by atoms with van der Waals surface area (Å²) in [5.41, 5.74) is 10.7. The molecule has 3 atom stereocenters. The minimum absolute atomic E-state index is 0.105. The summed E-state index contributed by atoms with van der Waals surface area (Å²) in [6.45, 7) is 4.87. The fourth-order valence-corrected chi connectivity index (χ4v) is 5.02. The van der Waals surface area contributed by atoms with Crippen LogP contribution >= 0.6 is 0 Å². The molecule has 0 heterocycles. The lowest BCUT2D eigenvalue weighted by Gasteiger charge is -2.25. The highest BCUT2D eigenvalue weighted by molar-refractivity contribution is 5.94. The number of nitrogens with two attached hydrogens (primary N) is 2. The smallest absolute Gasteiger partial charge is 0.245 e. The van der Waals surface area contributed by atoms with E-state index in [-0.39, 0.29) is 43.1 Å². The van der Waals surface area contributed by atoms with E-state index in [1.165, 1.54) is 64.8 Å². The van der Waals surface area contributed by atoms with Gasteiger partial charge < -0.3 is 43.2 Å². The van der Waals surface area contributed by atoms with E-state index in [4.69, 9.17) is 11.5 Å². The first-order valence-corrected chi connectivity index (χ1v) is 17.5. The third-order valence-electron chi connectivity index (χ3n) is 7.86. The second kappa shape index (κ2) is 27.7. The first kappa shape index (κ1) is 43.6. The number of unbranched alkanes of at least 4 members (excludes halogenated alkanes) is 12. The summed E-state index contributed by atoms with van der Waals surface area (Å²) in [6, 6.07) is -3.07. The van der Waals surface area contributed by atoms with E-state index in [1.807, 2.05) is 0 Å². The lowest BCUT2D eigenvalue weighted by molar-refractivity contribution is -0.133. The summed E-state index contributed by atoms with van der Waals surface area (Å²) in [5, 5.41) is 22.3. The largest absolute Gasteiger partial charge is 0.394 e. The quantitative estimate of drug-likeness (QED) is 0.0345. The number of hydrogen-bond acceptors (Lipinski definition) is 7. The molecule has 14 heteroatoms. The molecule has 47 heavy (non-hydrogen) atoms. The second-order valence-electron chi connectivity index (χ2n) is 12.4. The van der Waals surface area contributed by atoms with Crippen molar-refractivity contribution in [1.29, 1.82) is 0 Å². The Morgan fingerprint density at radius 3 is 1.70 bits per heavy atom. The van der Waals surface area contributed by atoms with Gasteiger partial charge in [0.25, 0.3) is 0 Å². The van der Waals surface area contributed by atoms with Gasteiger partial charge in [0.15, 0.2) is 5.96 Å². The molecule has 0 saturated heterocycles. The van der Waals surface area contributed by atoms with E-state index >= 15 is 0 Å². The zero-order valence-corrected chi connectivity index (χ0v) is 29.3. The molecule has 272 valence electrons. The second-order valence-corrected chi connectivity index (χ2v) is 12.4. The predicted molar refractivity (Wildman–Crippen MR) is 185 cm³/mol. The minimum Gasteiger partial charge on any atom is -0.394 e. The zero-order valence-electron chi connectivity index (χ0n) is 29.3. The first-order valence-electron chi connectivity index (χ1n) is 17.5. The van der Waals surface area contributed by atoms with Crippen molar-refractivity contribution in [2.24, 2.45) is 22.4 Å². The first-order chi connectivity index (χ1) is 22.5. The number of aliphatic imine (C=N–C) groups is 1. The molecule has 5 amide bonds. The molecule has 0 aromatic heterocycles. The van der Waals surface area contributed by atoms with E-state index in [2.05, 4.69) is 38.5 Å². The number of hydrogen-bond donors (Lipinski definition) is 8. The van der Waals surface area contributed by atoms with Gasteiger partial charge in [-0.2, -0.15) is 0 Å². The Kier molecular flexibility index (Phi) is 25.7. The summed E-state index contributed by atoms with van der Waals surface area (Å²) in [4.78, 5) is 66.8. The Balaban J connectivity index is 4.62. The van der Waals surface area contributed by atoms with Crippen LogP contribution in [0.4, 0.5) is 0 Å². The summed E-state index contributed by atoms with van der Waals surface area (Å²) in [6.07, 6.45) is 16.3. The van der Waals surface area contributed by atoms with Crippen LogP contribution in [0.2, 0.25) is 0 Å². The zero-order chi connectivity index (χ0) is 35.5. The third kappa shape index (κ3) is 22.7. The van der Waals surface area contributed by atoms with Crippen LogP contribution in [-0.4, -0.2) is 85.5 Å². The van der Waals surface area contributed by atoms with Gasteiger partial charge >= 0.3 is 0 Å². The van der Waals surface area contributed by atoms with Gasteiger partial charge in [0, 0.05) is 20.0 Å². The van der Waals surface area contributed by atoms with Gasteiger partial charge in [-0.15, -0.1) is 0 Å². The van der Waals surface area contributed by atoms with Crippen molar-refractivity contribution >= 4 is 35.5 Å². The highest BCUT2D eigenvalue weighted by atomic mass is 16.3. The molecule has 14 nitrogen and oxygen atoms in total. The monoisotopic (exact) mass is 668 g/mol. The van der Waals surface area contributed by atoms with Crippen LogP contribution in [0.3, 0.4) is 0 Å². The van der Waals surface area contributed by atoms with Crippen molar-refractivity contribution in [3.05, 3.63) is 0 Å². The predicted octanol–water partition coefficient (Wildman–Crippen LogP) is 1.49. The van der Waals surface area contributed by atoms with Crippen molar-refractivity contribution in [3.8, 4) is 0 Å². The lowest BCUT2D eigenvalue weighted by atomic mass is 10.0. The van der Waals surface area contributed by atoms with Crippen molar-refractivity contribution in [1.82, 2.24) is 26.6 Å². The van der Waals surface area contributed by atoms with Crippen LogP contribution in [0.25, 0.3) is 0 Å². The average molecular weight is 669 g/mol. The fraction of sp³-hybridized carbons (Fsp3) is 0.818. The summed E-state index contributed by atoms with van der Waals surface area (Å²) >= 11 is 0. The van der Waals surface area contributed by atoms with Crippen LogP contribution in [0.5, 0.6) is 0 Å². The van der Waals surface area contributed by atoms with Gasteiger partial charge in [0.05, 0.1) is 13.2 Å². The maximum atomic E-state index is 13.0. The number of aliphatic hydroxyl groups excluding tert-OH is 1. The number of carbonyl (C=O) groups excluding carboxylic acids is 5. The molecule has 0 bridgehead atoms. The number of carbonyl (C=O) groups is 5. The third-order valence-corrected chi connectivity index (χ3v) is 7.86. The van der Waals surface area contributed by atoms with E-state index in [1.54, 1.807) is 13.8 Å². The Morgan fingerprint density at radius 2 is 1.21 bits per heavy atom. The fourth-order valence-electron chi connectivity index (χ4n) is 5.02. The Bertz CT molecular complexity index is 942. The van der Waals surface area contributed by atoms with Crippen molar-refractivity contribution in [2.75, 3.05) is 26.7 Å². The number of aliphatic hydroxyl groups is 1. The number of amides is 5. The Labute approximate surface area is 281 Å². The molecule has 0 aromatic rings. The topological polar surface area (TPSA) is 230 Å². The maximum absolute atomic E-state index is 13.0. The molecule has 0 saturated carbocycles. The van der Waals surface area contributed by atoms with E-state index < -0.39 is 49.0 Å². The van der Waals surface area contributed by atoms with Crippen molar-refractivity contribution in [2.45, 2.75) is 142 Å². The standard InChI is InChI=1S/C33H64N8O6/c1-5-6-7-8-9-10-11-12-13-14-15-16-17-20-27(43)40-26(23-42)30(45)38-22-28(44)39-25(19-18-21-37-33(34)35)31(46)41-29(24(2)3)32(47)36-4/h24-26,29,42H,5-23H2,1-4H3,(H,36,47)(H,38,45)(H,39,44)(H,40,43)(H,41,46)(H4,34,35,37)/t25-,26-,29-/m0/s1. The normalized spacial score (nSPS) is 12.8. The molecule has 0 aromatic carbocycles. The Morgan fingerprint density at radius 1 is 0.681 bits per heavy atom. The molecular weight excluding hydrogens is 604 g/mol. The molecule has 0 aliphatic heterocycles. The number of nitrogens with zero attached hydrogens (tertiary/aromatic N) is 1. The van der Waals surface area contributed by atoms with Crippen LogP contribution in [0, 0.1) is 5.92 Å². The van der Waals surface area contributed by atoms with Crippen molar-refractivity contribution < 1.29 is 29.1 Å². The highest BCUT2D eigenvalue weighted by Crippen LogP contribution is 2.13. The van der Waals surface area contributed by atoms with Crippen molar-refractivity contribution in [3.63, 3.8) is 0 Å². The SMILES string of the molecule is CCCCCCCCCCCCCCCC(=O)N[C@@H](CO)C(=O)NCC(=O)N[C@@H](CCCN=C(N)N)C(=O)N[C@H](C(=O)NC)C(C)C. The molecule has 0 aliphatic rings. The van der Waals surface area contributed by atoms with Gasteiger partial charge in [-0.25, -0.2) is 0 Å². The molecule has 0 unspecified atom stereocenters. The molecular formula is C33H64N8O6. The van der Waals surface area contributed by atoms with E-state index in [9.17, 15) is 29.1 Å². The molecule has 0 fully saturated rings. The molecule has 0 aliphatic carbocycles. The minimum atomic E-state index is -1.21. The molecule has 0 spiro atoms. The van der Waals surface area contributed by atoms with Gasteiger partial charge in [-0.1, -0.05) is 97.8 Å².